The highest BCUT2D eigenvalue weighted by atomic mass is 35.5. The molecule has 6 heteroatoms. The van der Waals surface area contributed by atoms with Crippen LogP contribution in [0.25, 0.3) is 0 Å². The first-order valence-corrected chi connectivity index (χ1v) is 11.1. The van der Waals surface area contributed by atoms with Crippen LogP contribution in [0.15, 0.2) is 71.1 Å². The Morgan fingerprint density at radius 3 is 2.22 bits per heavy atom. The molecule has 3 aromatic rings. The standard InChI is InChI=1S/C26H29ClN2O3/c1-19(2)15-29(26(31)23-11-7-8-12-24(23)27)18-25(30)28(16-21-9-5-4-6-10-21)17-22-14-13-20(3)32-22/h4-14,19H,15-18H2,1-3H3. The molecule has 0 saturated carbocycles. The minimum absolute atomic E-state index is 0.0330. The molecule has 2 amide bonds. The molecule has 0 radical (unpaired) electrons. The van der Waals surface area contributed by atoms with E-state index >= 15 is 0 Å². The number of benzene rings is 2. The van der Waals surface area contributed by atoms with Crippen LogP contribution in [-0.2, 0) is 17.9 Å². The summed E-state index contributed by atoms with van der Waals surface area (Å²) in [5, 5.41) is 0.380. The van der Waals surface area contributed by atoms with Gasteiger partial charge in [-0.3, -0.25) is 9.59 Å². The van der Waals surface area contributed by atoms with E-state index in [2.05, 4.69) is 0 Å². The second kappa shape index (κ2) is 11.0. The van der Waals surface area contributed by atoms with Crippen LogP contribution in [-0.4, -0.2) is 34.7 Å². The van der Waals surface area contributed by atoms with Crippen molar-refractivity contribution in [3.05, 3.63) is 94.4 Å². The smallest absolute Gasteiger partial charge is 0.255 e. The van der Waals surface area contributed by atoms with Crippen LogP contribution >= 0.6 is 11.6 Å². The van der Waals surface area contributed by atoms with E-state index in [0.29, 0.717) is 36.0 Å². The first kappa shape index (κ1) is 23.6. The quantitative estimate of drug-likeness (QED) is 0.426. The number of hydrogen-bond acceptors (Lipinski definition) is 3. The number of halogens is 1. The first-order chi connectivity index (χ1) is 15.3. The predicted molar refractivity (Wildman–Crippen MR) is 126 cm³/mol. The lowest BCUT2D eigenvalue weighted by Crippen LogP contribution is -2.44. The maximum absolute atomic E-state index is 13.4. The molecular formula is C26H29ClN2O3. The summed E-state index contributed by atoms with van der Waals surface area (Å²) in [6.07, 6.45) is 0. The fraction of sp³-hybridized carbons (Fsp3) is 0.308. The SMILES string of the molecule is Cc1ccc(CN(Cc2ccccc2)C(=O)CN(CC(C)C)C(=O)c2ccccc2Cl)o1. The van der Waals surface area contributed by atoms with Crippen LogP contribution in [0.5, 0.6) is 0 Å². The average molecular weight is 453 g/mol. The van der Waals surface area contributed by atoms with Gasteiger partial charge in [0.2, 0.25) is 5.91 Å². The number of carbonyl (C=O) groups excluding carboxylic acids is 2. The molecule has 0 saturated heterocycles. The molecule has 0 aliphatic heterocycles. The van der Waals surface area contributed by atoms with Crippen molar-refractivity contribution in [2.45, 2.75) is 33.9 Å². The highest BCUT2D eigenvalue weighted by Crippen LogP contribution is 2.19. The monoisotopic (exact) mass is 452 g/mol. The van der Waals surface area contributed by atoms with E-state index in [1.54, 1.807) is 34.1 Å². The van der Waals surface area contributed by atoms with Crippen LogP contribution in [0.4, 0.5) is 0 Å². The summed E-state index contributed by atoms with van der Waals surface area (Å²) < 4.78 is 5.71. The van der Waals surface area contributed by atoms with Gasteiger partial charge < -0.3 is 14.2 Å². The third-order valence-electron chi connectivity index (χ3n) is 5.01. The zero-order valence-electron chi connectivity index (χ0n) is 18.8. The Morgan fingerprint density at radius 1 is 0.906 bits per heavy atom. The Balaban J connectivity index is 1.83. The highest BCUT2D eigenvalue weighted by molar-refractivity contribution is 6.33. The number of aryl methyl sites for hydroxylation is 1. The van der Waals surface area contributed by atoms with Crippen molar-refractivity contribution in [3.8, 4) is 0 Å². The molecule has 0 fully saturated rings. The van der Waals surface area contributed by atoms with E-state index in [4.69, 9.17) is 16.0 Å². The van der Waals surface area contributed by atoms with Gasteiger partial charge in [0.15, 0.2) is 0 Å². The van der Waals surface area contributed by atoms with Gasteiger partial charge in [-0.05, 0) is 42.7 Å². The predicted octanol–water partition coefficient (Wildman–Crippen LogP) is 5.57. The van der Waals surface area contributed by atoms with Crippen molar-refractivity contribution in [1.82, 2.24) is 9.80 Å². The van der Waals surface area contributed by atoms with Crippen molar-refractivity contribution in [2.75, 3.05) is 13.1 Å². The number of carbonyl (C=O) groups is 2. The minimum atomic E-state index is -0.244. The highest BCUT2D eigenvalue weighted by Gasteiger charge is 2.25. The lowest BCUT2D eigenvalue weighted by molar-refractivity contribution is -0.133. The Hall–Kier alpha value is -3.05. The van der Waals surface area contributed by atoms with Crippen molar-refractivity contribution in [2.24, 2.45) is 5.92 Å². The molecular weight excluding hydrogens is 424 g/mol. The summed E-state index contributed by atoms with van der Waals surface area (Å²) in [6.45, 7) is 7.09. The number of furan rings is 1. The molecule has 1 aromatic heterocycles. The Morgan fingerprint density at radius 2 is 1.59 bits per heavy atom. The third-order valence-corrected chi connectivity index (χ3v) is 5.34. The molecule has 0 aliphatic carbocycles. The average Bonchev–Trinajstić information content (AvgIpc) is 3.17. The lowest BCUT2D eigenvalue weighted by atomic mass is 10.1. The van der Waals surface area contributed by atoms with Crippen molar-refractivity contribution in [3.63, 3.8) is 0 Å². The number of rotatable bonds is 9. The lowest BCUT2D eigenvalue weighted by Gasteiger charge is -2.28. The topological polar surface area (TPSA) is 53.8 Å². The Kier molecular flexibility index (Phi) is 8.12. The summed E-state index contributed by atoms with van der Waals surface area (Å²) in [7, 11) is 0. The van der Waals surface area contributed by atoms with Gasteiger partial charge in [-0.15, -0.1) is 0 Å². The van der Waals surface area contributed by atoms with Gasteiger partial charge >= 0.3 is 0 Å². The summed E-state index contributed by atoms with van der Waals surface area (Å²) in [6, 6.07) is 20.5. The molecule has 5 nitrogen and oxygen atoms in total. The van der Waals surface area contributed by atoms with Crippen LogP contribution in [0, 0.1) is 12.8 Å². The van der Waals surface area contributed by atoms with E-state index < -0.39 is 0 Å². The molecule has 0 atom stereocenters. The van der Waals surface area contributed by atoms with Crippen molar-refractivity contribution >= 4 is 23.4 Å². The Bertz CT molecular complexity index is 1050. The van der Waals surface area contributed by atoms with Gasteiger partial charge in [-0.25, -0.2) is 0 Å². The van der Waals surface area contributed by atoms with Gasteiger partial charge in [-0.2, -0.15) is 0 Å². The van der Waals surface area contributed by atoms with Crippen molar-refractivity contribution < 1.29 is 14.0 Å². The zero-order chi connectivity index (χ0) is 23.1. The second-order valence-electron chi connectivity index (χ2n) is 8.31. The molecule has 1 heterocycles. The maximum Gasteiger partial charge on any atom is 0.255 e. The van der Waals surface area contributed by atoms with Crippen molar-refractivity contribution in [1.29, 1.82) is 0 Å². The van der Waals surface area contributed by atoms with E-state index in [1.807, 2.05) is 63.2 Å². The molecule has 0 spiro atoms. The van der Waals surface area contributed by atoms with Gasteiger partial charge in [0, 0.05) is 13.1 Å². The first-order valence-electron chi connectivity index (χ1n) is 10.7. The Labute approximate surface area is 194 Å². The maximum atomic E-state index is 13.4. The molecule has 32 heavy (non-hydrogen) atoms. The van der Waals surface area contributed by atoms with Gasteiger partial charge in [-0.1, -0.05) is 67.9 Å². The number of amides is 2. The third kappa shape index (κ3) is 6.47. The van der Waals surface area contributed by atoms with Crippen LogP contribution in [0.1, 0.15) is 41.3 Å². The fourth-order valence-corrected chi connectivity index (χ4v) is 3.74. The van der Waals surface area contributed by atoms with E-state index in [9.17, 15) is 9.59 Å². The van der Waals surface area contributed by atoms with Gasteiger partial charge in [0.1, 0.15) is 18.1 Å². The van der Waals surface area contributed by atoms with Crippen LogP contribution in [0.2, 0.25) is 5.02 Å². The van der Waals surface area contributed by atoms with E-state index in [0.717, 1.165) is 11.3 Å². The fourth-order valence-electron chi connectivity index (χ4n) is 3.52. The zero-order valence-corrected chi connectivity index (χ0v) is 19.5. The normalized spacial score (nSPS) is 10.9. The van der Waals surface area contributed by atoms with Crippen LogP contribution in [0.3, 0.4) is 0 Å². The molecule has 168 valence electrons. The van der Waals surface area contributed by atoms with Crippen LogP contribution < -0.4 is 0 Å². The molecule has 0 bridgehead atoms. The minimum Gasteiger partial charge on any atom is -0.464 e. The number of nitrogens with zero attached hydrogens (tertiary/aromatic N) is 2. The molecule has 2 aromatic carbocycles. The largest absolute Gasteiger partial charge is 0.464 e. The van der Waals surface area contributed by atoms with E-state index in [1.165, 1.54) is 0 Å². The molecule has 3 rings (SSSR count). The summed E-state index contributed by atoms with van der Waals surface area (Å²) >= 11 is 6.26. The number of hydrogen-bond donors (Lipinski definition) is 0. The second-order valence-corrected chi connectivity index (χ2v) is 8.71. The summed E-state index contributed by atoms with van der Waals surface area (Å²) in [5.41, 5.74) is 1.41. The molecule has 0 unspecified atom stereocenters. The van der Waals surface area contributed by atoms with Gasteiger partial charge in [0.25, 0.3) is 5.91 Å². The summed E-state index contributed by atoms with van der Waals surface area (Å²) in [4.78, 5) is 30.0. The molecule has 0 aliphatic rings. The molecule has 0 N–H and O–H groups in total. The summed E-state index contributed by atoms with van der Waals surface area (Å²) in [5.74, 6) is 1.31. The van der Waals surface area contributed by atoms with E-state index in [-0.39, 0.29) is 24.3 Å². The van der Waals surface area contributed by atoms with Gasteiger partial charge in [0.05, 0.1) is 17.1 Å².